The molecular formula is C15H18N2. The third-order valence-corrected chi connectivity index (χ3v) is 3.69. The van der Waals surface area contributed by atoms with Crippen molar-refractivity contribution in [1.82, 2.24) is 4.68 Å². The number of aromatic nitrogens is 1. The van der Waals surface area contributed by atoms with E-state index in [-0.39, 0.29) is 0 Å². The first-order valence-electron chi connectivity index (χ1n) is 6.25. The van der Waals surface area contributed by atoms with Gasteiger partial charge in [0.2, 0.25) is 0 Å². The molecule has 1 unspecified atom stereocenters. The van der Waals surface area contributed by atoms with Crippen molar-refractivity contribution in [2.75, 3.05) is 5.43 Å². The summed E-state index contributed by atoms with van der Waals surface area (Å²) in [6.07, 6.45) is 2.38. The van der Waals surface area contributed by atoms with Crippen LogP contribution in [-0.2, 0) is 6.42 Å². The zero-order valence-corrected chi connectivity index (χ0v) is 10.4. The van der Waals surface area contributed by atoms with Crippen LogP contribution in [0.2, 0.25) is 0 Å². The first-order valence-corrected chi connectivity index (χ1v) is 6.25. The van der Waals surface area contributed by atoms with Gasteiger partial charge in [-0.2, -0.15) is 0 Å². The van der Waals surface area contributed by atoms with E-state index in [9.17, 15) is 0 Å². The maximum atomic E-state index is 3.63. The fraction of sp³-hybridized carbons (Fsp3) is 0.333. The van der Waals surface area contributed by atoms with E-state index in [1.807, 2.05) is 0 Å². The fourth-order valence-corrected chi connectivity index (χ4v) is 2.72. The van der Waals surface area contributed by atoms with E-state index in [1.165, 1.54) is 35.4 Å². The Morgan fingerprint density at radius 3 is 2.53 bits per heavy atom. The minimum atomic E-state index is 0.455. The maximum Gasteiger partial charge on any atom is 0.0679 e. The molecule has 17 heavy (non-hydrogen) atoms. The third-order valence-electron chi connectivity index (χ3n) is 3.69. The molecular weight excluding hydrogens is 208 g/mol. The Bertz CT molecular complexity index is 520. The van der Waals surface area contributed by atoms with Crippen LogP contribution in [0, 0.1) is 13.8 Å². The summed E-state index contributed by atoms with van der Waals surface area (Å²) in [7, 11) is 0. The first kappa shape index (κ1) is 10.5. The van der Waals surface area contributed by atoms with Crippen LogP contribution in [0.4, 0.5) is 0 Å². The predicted molar refractivity (Wildman–Crippen MR) is 70.8 cm³/mol. The van der Waals surface area contributed by atoms with E-state index in [2.05, 4.69) is 60.3 Å². The van der Waals surface area contributed by atoms with Crippen molar-refractivity contribution < 1.29 is 0 Å². The van der Waals surface area contributed by atoms with Crippen LogP contribution in [0.5, 0.6) is 0 Å². The topological polar surface area (TPSA) is 17.0 Å². The van der Waals surface area contributed by atoms with Gasteiger partial charge in [-0.05, 0) is 49.9 Å². The van der Waals surface area contributed by atoms with Crippen LogP contribution < -0.4 is 5.43 Å². The normalized spacial score (nSPS) is 18.1. The number of aryl methyl sites for hydroxylation is 3. The fourth-order valence-electron chi connectivity index (χ4n) is 2.72. The van der Waals surface area contributed by atoms with Crippen LogP contribution in [-0.4, -0.2) is 4.68 Å². The molecule has 1 aliphatic carbocycles. The van der Waals surface area contributed by atoms with Gasteiger partial charge in [0.25, 0.3) is 0 Å². The summed E-state index contributed by atoms with van der Waals surface area (Å²) in [6, 6.07) is 13.5. The number of nitrogens with one attached hydrogen (secondary N) is 1. The average molecular weight is 226 g/mol. The van der Waals surface area contributed by atoms with Crippen molar-refractivity contribution in [3.8, 4) is 0 Å². The van der Waals surface area contributed by atoms with E-state index in [0.717, 1.165) is 0 Å². The molecule has 0 fully saturated rings. The van der Waals surface area contributed by atoms with Crippen LogP contribution in [0.25, 0.3) is 0 Å². The summed E-state index contributed by atoms with van der Waals surface area (Å²) >= 11 is 0. The van der Waals surface area contributed by atoms with Gasteiger partial charge in [-0.25, -0.2) is 0 Å². The van der Waals surface area contributed by atoms with Gasteiger partial charge in [-0.3, -0.25) is 4.68 Å². The smallest absolute Gasteiger partial charge is 0.0679 e. The van der Waals surface area contributed by atoms with Crippen molar-refractivity contribution in [1.29, 1.82) is 0 Å². The number of benzene rings is 1. The van der Waals surface area contributed by atoms with Gasteiger partial charge >= 0.3 is 0 Å². The summed E-state index contributed by atoms with van der Waals surface area (Å²) in [4.78, 5) is 0. The zero-order chi connectivity index (χ0) is 11.8. The number of nitrogens with zero attached hydrogens (tertiary/aromatic N) is 1. The number of hydrogen-bond acceptors (Lipinski definition) is 1. The highest BCUT2D eigenvalue weighted by Gasteiger charge is 2.22. The van der Waals surface area contributed by atoms with Gasteiger partial charge in [0.1, 0.15) is 0 Å². The average Bonchev–Trinajstić information content (AvgIpc) is 2.88. The highest BCUT2D eigenvalue weighted by Crippen LogP contribution is 2.31. The number of hydrogen-bond donors (Lipinski definition) is 1. The number of fused-ring (bicyclic) bond motifs is 1. The molecule has 3 rings (SSSR count). The Balaban J connectivity index is 1.89. The van der Waals surface area contributed by atoms with Gasteiger partial charge in [0, 0.05) is 11.4 Å². The SMILES string of the molecule is Cc1ccc(C)n1NC1CCc2ccccc21. The van der Waals surface area contributed by atoms with Gasteiger partial charge < -0.3 is 5.43 Å². The molecule has 0 saturated carbocycles. The summed E-state index contributed by atoms with van der Waals surface area (Å²) in [5.74, 6) is 0. The van der Waals surface area contributed by atoms with Crippen LogP contribution in [0.1, 0.15) is 35.0 Å². The van der Waals surface area contributed by atoms with Crippen LogP contribution >= 0.6 is 0 Å². The molecule has 0 saturated heterocycles. The maximum absolute atomic E-state index is 3.63. The predicted octanol–water partition coefficient (Wildman–Crippen LogP) is 3.34. The molecule has 0 bridgehead atoms. The van der Waals surface area contributed by atoms with E-state index in [0.29, 0.717) is 6.04 Å². The minimum Gasteiger partial charge on any atom is -0.318 e. The molecule has 1 aromatic heterocycles. The highest BCUT2D eigenvalue weighted by molar-refractivity contribution is 5.36. The lowest BCUT2D eigenvalue weighted by molar-refractivity contribution is 0.647. The monoisotopic (exact) mass is 226 g/mol. The quantitative estimate of drug-likeness (QED) is 0.831. The van der Waals surface area contributed by atoms with Gasteiger partial charge in [-0.15, -0.1) is 0 Å². The Labute approximate surface area is 102 Å². The van der Waals surface area contributed by atoms with E-state index in [4.69, 9.17) is 0 Å². The summed E-state index contributed by atoms with van der Waals surface area (Å²) in [5.41, 5.74) is 9.12. The molecule has 0 radical (unpaired) electrons. The Hall–Kier alpha value is -1.70. The van der Waals surface area contributed by atoms with Gasteiger partial charge in [-0.1, -0.05) is 24.3 Å². The molecule has 0 spiro atoms. The second kappa shape index (κ2) is 3.95. The van der Waals surface area contributed by atoms with Crippen LogP contribution in [0.15, 0.2) is 36.4 Å². The Kier molecular flexibility index (Phi) is 2.43. The van der Waals surface area contributed by atoms with Crippen molar-refractivity contribution in [2.45, 2.75) is 32.7 Å². The molecule has 88 valence electrons. The summed E-state index contributed by atoms with van der Waals surface area (Å²) in [5, 5.41) is 0. The summed E-state index contributed by atoms with van der Waals surface area (Å²) in [6.45, 7) is 4.28. The largest absolute Gasteiger partial charge is 0.318 e. The Morgan fingerprint density at radius 2 is 1.76 bits per heavy atom. The van der Waals surface area contributed by atoms with Crippen LogP contribution in [0.3, 0.4) is 0 Å². The molecule has 1 heterocycles. The molecule has 2 aromatic rings. The second-order valence-corrected chi connectivity index (χ2v) is 4.87. The molecule has 2 heteroatoms. The van der Waals surface area contributed by atoms with E-state index < -0.39 is 0 Å². The van der Waals surface area contributed by atoms with Gasteiger partial charge in [0.15, 0.2) is 0 Å². The summed E-state index contributed by atoms with van der Waals surface area (Å²) < 4.78 is 2.20. The van der Waals surface area contributed by atoms with Crippen molar-refractivity contribution in [3.05, 3.63) is 58.9 Å². The zero-order valence-electron chi connectivity index (χ0n) is 10.4. The molecule has 2 nitrogen and oxygen atoms in total. The number of rotatable bonds is 2. The van der Waals surface area contributed by atoms with E-state index in [1.54, 1.807) is 0 Å². The highest BCUT2D eigenvalue weighted by atomic mass is 15.4. The second-order valence-electron chi connectivity index (χ2n) is 4.87. The molecule has 1 atom stereocenters. The lowest BCUT2D eigenvalue weighted by Gasteiger charge is -2.19. The lowest BCUT2D eigenvalue weighted by Crippen LogP contribution is -2.21. The van der Waals surface area contributed by atoms with Crippen molar-refractivity contribution in [3.63, 3.8) is 0 Å². The standard InChI is InChI=1S/C15H18N2/c1-11-7-8-12(2)17(11)16-15-10-9-13-5-3-4-6-14(13)15/h3-8,15-16H,9-10H2,1-2H3. The molecule has 1 aliphatic rings. The van der Waals surface area contributed by atoms with E-state index >= 15 is 0 Å². The Morgan fingerprint density at radius 1 is 1.06 bits per heavy atom. The lowest BCUT2D eigenvalue weighted by atomic mass is 10.1. The minimum absolute atomic E-state index is 0.455. The molecule has 1 N–H and O–H groups in total. The van der Waals surface area contributed by atoms with Gasteiger partial charge in [0.05, 0.1) is 6.04 Å². The van der Waals surface area contributed by atoms with Crippen molar-refractivity contribution >= 4 is 0 Å². The van der Waals surface area contributed by atoms with Crippen molar-refractivity contribution in [2.24, 2.45) is 0 Å². The molecule has 1 aromatic carbocycles. The third kappa shape index (κ3) is 1.74. The first-order chi connectivity index (χ1) is 8.25. The molecule has 0 aliphatic heterocycles. The molecule has 0 amide bonds.